The predicted molar refractivity (Wildman–Crippen MR) is 175 cm³/mol. The number of benzene rings is 1. The summed E-state index contributed by atoms with van der Waals surface area (Å²) < 4.78 is 27.1. The van der Waals surface area contributed by atoms with Crippen LogP contribution in [0, 0.1) is 23.7 Å². The van der Waals surface area contributed by atoms with E-state index in [9.17, 15) is 18.0 Å². The SMILES string of the molecule is CC(C)N(C)[C@@H]1CC[C@H](N2CC[C@H](NC(=O)c3cc(C45CC6CC(CC(C6)C4)C5)c[nH]3)C2=O)[C@@H](CS(=O)(=O)c2ccccc2)C1. The molecule has 6 aliphatic rings. The molecule has 45 heavy (non-hydrogen) atoms. The van der Waals surface area contributed by atoms with Crippen molar-refractivity contribution in [2.45, 2.75) is 113 Å². The molecule has 4 bridgehead atoms. The van der Waals surface area contributed by atoms with Gasteiger partial charge in [-0.25, -0.2) is 8.42 Å². The first-order valence-electron chi connectivity index (χ1n) is 17.3. The van der Waals surface area contributed by atoms with E-state index in [4.69, 9.17) is 0 Å². The Labute approximate surface area is 268 Å². The zero-order chi connectivity index (χ0) is 31.5. The van der Waals surface area contributed by atoms with Crippen LogP contribution in [0.25, 0.3) is 0 Å². The first-order valence-corrected chi connectivity index (χ1v) is 19.0. The fourth-order valence-corrected chi connectivity index (χ4v) is 12.0. The van der Waals surface area contributed by atoms with E-state index in [0.717, 1.165) is 37.0 Å². The van der Waals surface area contributed by atoms with Gasteiger partial charge in [0.15, 0.2) is 9.84 Å². The van der Waals surface area contributed by atoms with E-state index >= 15 is 0 Å². The molecule has 2 heterocycles. The number of sulfone groups is 1. The number of amides is 2. The Morgan fingerprint density at radius 2 is 1.69 bits per heavy atom. The molecule has 6 fully saturated rings. The van der Waals surface area contributed by atoms with E-state index in [-0.39, 0.29) is 41.0 Å². The highest BCUT2D eigenvalue weighted by atomic mass is 32.2. The molecule has 0 unspecified atom stereocenters. The number of nitrogens with one attached hydrogen (secondary N) is 2. The van der Waals surface area contributed by atoms with Crippen LogP contribution >= 0.6 is 0 Å². The lowest BCUT2D eigenvalue weighted by Crippen LogP contribution is -2.53. The van der Waals surface area contributed by atoms with Crippen molar-refractivity contribution in [1.82, 2.24) is 20.1 Å². The maximum Gasteiger partial charge on any atom is 0.268 e. The highest BCUT2D eigenvalue weighted by Crippen LogP contribution is 2.60. The lowest BCUT2D eigenvalue weighted by Gasteiger charge is -2.56. The van der Waals surface area contributed by atoms with E-state index in [2.05, 4.69) is 48.4 Å². The molecule has 1 aliphatic heterocycles. The lowest BCUT2D eigenvalue weighted by atomic mass is 9.48. The van der Waals surface area contributed by atoms with Gasteiger partial charge in [0.2, 0.25) is 5.91 Å². The van der Waals surface area contributed by atoms with Gasteiger partial charge in [-0.2, -0.15) is 0 Å². The van der Waals surface area contributed by atoms with Crippen LogP contribution in [0.2, 0.25) is 0 Å². The fraction of sp³-hybridized carbons (Fsp3) is 0.667. The third-order valence-electron chi connectivity index (χ3n) is 12.4. The van der Waals surface area contributed by atoms with Crippen molar-refractivity contribution in [2.75, 3.05) is 19.3 Å². The second-order valence-corrected chi connectivity index (χ2v) is 17.5. The van der Waals surface area contributed by atoms with E-state index < -0.39 is 15.9 Å². The topological polar surface area (TPSA) is 103 Å². The Morgan fingerprint density at radius 1 is 1.02 bits per heavy atom. The molecule has 0 spiro atoms. The van der Waals surface area contributed by atoms with Gasteiger partial charge in [-0.3, -0.25) is 9.59 Å². The molecule has 2 aromatic rings. The molecule has 1 aromatic heterocycles. The zero-order valence-corrected chi connectivity index (χ0v) is 27.9. The summed E-state index contributed by atoms with van der Waals surface area (Å²) in [6.07, 6.45) is 12.9. The molecule has 4 atom stereocenters. The largest absolute Gasteiger partial charge is 0.357 e. The van der Waals surface area contributed by atoms with E-state index in [0.29, 0.717) is 29.6 Å². The maximum absolute atomic E-state index is 13.9. The number of H-pyrrole nitrogens is 1. The molecule has 244 valence electrons. The van der Waals surface area contributed by atoms with Gasteiger partial charge in [0, 0.05) is 30.9 Å². The number of hydrogen-bond acceptors (Lipinski definition) is 5. The Balaban J connectivity index is 1.04. The van der Waals surface area contributed by atoms with E-state index in [1.807, 2.05) is 11.0 Å². The van der Waals surface area contributed by atoms with Gasteiger partial charge in [0.1, 0.15) is 11.7 Å². The number of aromatic amines is 1. The lowest BCUT2D eigenvalue weighted by molar-refractivity contribution is -0.133. The highest BCUT2D eigenvalue weighted by Gasteiger charge is 2.52. The molecule has 1 aromatic carbocycles. The number of carbonyl (C=O) groups excluding carboxylic acids is 2. The molecule has 1 saturated heterocycles. The van der Waals surface area contributed by atoms with Crippen molar-refractivity contribution in [3.8, 4) is 0 Å². The number of hydrogen-bond donors (Lipinski definition) is 2. The van der Waals surface area contributed by atoms with Crippen molar-refractivity contribution in [3.63, 3.8) is 0 Å². The molecular formula is C36H50N4O4S. The Hall–Kier alpha value is -2.65. The smallest absolute Gasteiger partial charge is 0.268 e. The minimum absolute atomic E-state index is 0.0144. The summed E-state index contributed by atoms with van der Waals surface area (Å²) in [5.74, 6) is 2.02. The van der Waals surface area contributed by atoms with E-state index in [1.54, 1.807) is 24.3 Å². The normalized spacial score (nSPS) is 34.6. The van der Waals surface area contributed by atoms with Crippen LogP contribution in [0.4, 0.5) is 0 Å². The van der Waals surface area contributed by atoms with Crippen LogP contribution in [-0.4, -0.2) is 78.5 Å². The van der Waals surface area contributed by atoms with Gasteiger partial charge in [-0.05, 0) is 138 Å². The minimum Gasteiger partial charge on any atom is -0.357 e. The number of carbonyl (C=O) groups is 2. The summed E-state index contributed by atoms with van der Waals surface area (Å²) >= 11 is 0. The predicted octanol–water partition coefficient (Wildman–Crippen LogP) is 5.16. The van der Waals surface area contributed by atoms with Crippen LogP contribution in [-0.2, 0) is 20.0 Å². The van der Waals surface area contributed by atoms with Gasteiger partial charge in [-0.1, -0.05) is 18.2 Å². The highest BCUT2D eigenvalue weighted by molar-refractivity contribution is 7.91. The first-order chi connectivity index (χ1) is 21.5. The van der Waals surface area contributed by atoms with Crippen LogP contribution in [0.1, 0.15) is 94.1 Å². The second-order valence-electron chi connectivity index (χ2n) is 15.5. The minimum atomic E-state index is -3.52. The molecular weight excluding hydrogens is 584 g/mol. The number of aromatic nitrogens is 1. The molecule has 2 amide bonds. The Bertz CT molecular complexity index is 1480. The maximum atomic E-state index is 13.9. The average molecular weight is 635 g/mol. The third kappa shape index (κ3) is 5.88. The van der Waals surface area contributed by atoms with Gasteiger partial charge < -0.3 is 20.1 Å². The van der Waals surface area contributed by atoms with Gasteiger partial charge >= 0.3 is 0 Å². The monoisotopic (exact) mass is 634 g/mol. The van der Waals surface area contributed by atoms with Gasteiger partial charge in [0.25, 0.3) is 5.91 Å². The zero-order valence-electron chi connectivity index (χ0n) is 27.1. The van der Waals surface area contributed by atoms with Gasteiger partial charge in [-0.15, -0.1) is 0 Å². The van der Waals surface area contributed by atoms with Crippen LogP contribution in [0.15, 0.2) is 47.5 Å². The first kappa shape index (κ1) is 31.0. The van der Waals surface area contributed by atoms with Gasteiger partial charge in [0.05, 0.1) is 10.6 Å². The average Bonchev–Trinajstić information content (AvgIpc) is 3.65. The quantitative estimate of drug-likeness (QED) is 0.397. The van der Waals surface area contributed by atoms with Crippen molar-refractivity contribution in [2.24, 2.45) is 23.7 Å². The molecule has 8 rings (SSSR count). The summed E-state index contributed by atoms with van der Waals surface area (Å²) in [5.41, 5.74) is 2.02. The summed E-state index contributed by atoms with van der Waals surface area (Å²) in [6, 6.07) is 10.6. The van der Waals surface area contributed by atoms with Crippen molar-refractivity contribution in [1.29, 1.82) is 0 Å². The number of nitrogens with zero attached hydrogens (tertiary/aromatic N) is 2. The van der Waals surface area contributed by atoms with Crippen LogP contribution < -0.4 is 5.32 Å². The van der Waals surface area contributed by atoms with Crippen molar-refractivity contribution < 1.29 is 18.0 Å². The molecule has 5 aliphatic carbocycles. The summed E-state index contributed by atoms with van der Waals surface area (Å²) in [7, 11) is -1.41. The number of likely N-dealkylation sites (tertiary alicyclic amines) is 1. The van der Waals surface area contributed by atoms with Crippen molar-refractivity contribution >= 4 is 21.7 Å². The number of rotatable bonds is 9. The second kappa shape index (κ2) is 11.9. The molecule has 8 nitrogen and oxygen atoms in total. The summed E-state index contributed by atoms with van der Waals surface area (Å²) in [6.45, 7) is 4.86. The Morgan fingerprint density at radius 3 is 2.33 bits per heavy atom. The van der Waals surface area contributed by atoms with Crippen LogP contribution in [0.5, 0.6) is 0 Å². The van der Waals surface area contributed by atoms with Crippen molar-refractivity contribution in [3.05, 3.63) is 53.9 Å². The summed E-state index contributed by atoms with van der Waals surface area (Å²) in [5, 5.41) is 3.04. The molecule has 9 heteroatoms. The molecule has 2 N–H and O–H groups in total. The van der Waals surface area contributed by atoms with Crippen LogP contribution in [0.3, 0.4) is 0 Å². The fourth-order valence-electron chi connectivity index (χ4n) is 10.3. The Kier molecular flexibility index (Phi) is 8.16. The van der Waals surface area contributed by atoms with E-state index in [1.165, 1.54) is 44.1 Å². The molecule has 0 radical (unpaired) electrons. The summed E-state index contributed by atoms with van der Waals surface area (Å²) in [4.78, 5) is 35.1. The standard InChI is InChI=1S/C36H50N4O4S/c1-23(2)39(3)29-9-10-33(27(16-29)22-45(43,44)30-7-5-4-6-8-30)40-12-11-31(35(40)42)38-34(41)32-17-28(21-37-32)36-18-24-13-25(19-36)15-26(14-24)20-36/h4-8,17,21,23-27,29,31,33,37H,9-16,18-20,22H2,1-3H3,(H,38,41)/t24?,25?,26?,27-,29-,31+,33+,36?/m1/s1. The third-order valence-corrected chi connectivity index (χ3v) is 14.2. The molecule has 5 saturated carbocycles.